The molecule has 2 aliphatic rings. The molecular weight excluding hydrogens is 324 g/mol. The predicted molar refractivity (Wildman–Crippen MR) is 106 cm³/mol. The van der Waals surface area contributed by atoms with Gasteiger partial charge in [0.2, 0.25) is 0 Å². The molecule has 2 bridgehead atoms. The van der Waals surface area contributed by atoms with E-state index >= 15 is 0 Å². The molecule has 0 radical (unpaired) electrons. The molecule has 1 saturated carbocycles. The first kappa shape index (κ1) is 19.2. The summed E-state index contributed by atoms with van der Waals surface area (Å²) in [4.78, 5) is 14.2. The summed E-state index contributed by atoms with van der Waals surface area (Å²) in [6.07, 6.45) is 7.89. The van der Waals surface area contributed by atoms with Crippen molar-refractivity contribution >= 4 is 6.09 Å². The van der Waals surface area contributed by atoms with Gasteiger partial charge in [-0.2, -0.15) is 0 Å². The lowest BCUT2D eigenvalue weighted by Crippen LogP contribution is -2.52. The van der Waals surface area contributed by atoms with E-state index in [1.54, 1.807) is 4.90 Å². The van der Waals surface area contributed by atoms with Crippen LogP contribution < -0.4 is 10.5 Å². The average molecular weight is 359 g/mol. The number of nitrogens with two attached hydrogens (primary N) is 1. The molecule has 144 valence electrons. The van der Waals surface area contributed by atoms with Crippen molar-refractivity contribution < 1.29 is 9.53 Å². The van der Waals surface area contributed by atoms with Gasteiger partial charge in [0.05, 0.1) is 0 Å². The molecule has 0 heterocycles. The Morgan fingerprint density at radius 2 is 2.12 bits per heavy atom. The summed E-state index contributed by atoms with van der Waals surface area (Å²) >= 11 is 0. The molecule has 1 aromatic rings. The van der Waals surface area contributed by atoms with Gasteiger partial charge in [0.1, 0.15) is 5.75 Å². The van der Waals surface area contributed by atoms with Crippen LogP contribution in [0.3, 0.4) is 0 Å². The fourth-order valence-corrected chi connectivity index (χ4v) is 4.91. The predicted octanol–water partition coefficient (Wildman–Crippen LogP) is 4.64. The Kier molecular flexibility index (Phi) is 5.91. The molecule has 2 aliphatic carbocycles. The van der Waals surface area contributed by atoms with Crippen LogP contribution in [0.5, 0.6) is 5.75 Å². The molecule has 26 heavy (non-hydrogen) atoms. The van der Waals surface area contributed by atoms with Crippen LogP contribution in [0.15, 0.2) is 18.2 Å². The van der Waals surface area contributed by atoms with E-state index in [-0.39, 0.29) is 17.6 Å². The summed E-state index contributed by atoms with van der Waals surface area (Å²) in [7, 11) is 0. The van der Waals surface area contributed by atoms with E-state index in [2.05, 4.69) is 26.0 Å². The van der Waals surface area contributed by atoms with Crippen LogP contribution in [0, 0.1) is 5.92 Å². The summed E-state index contributed by atoms with van der Waals surface area (Å²) in [6.45, 7) is 7.77. The standard InChI is InChI=1S/C22H34N2O2/c1-4-13-24(5-2)21(25)26-18-11-10-16-14-17-9-7-6-8-12-22(3,20(17)23)19(16)15-18/h10-11,15,17,20H,4-9,12-14,23H2,1-3H3/t17-,20-,22+/m0/s1. The van der Waals surface area contributed by atoms with Crippen LogP contribution >= 0.6 is 0 Å². The number of ether oxygens (including phenoxy) is 1. The van der Waals surface area contributed by atoms with E-state index in [4.69, 9.17) is 10.5 Å². The van der Waals surface area contributed by atoms with E-state index < -0.39 is 0 Å². The van der Waals surface area contributed by atoms with Crippen LogP contribution in [0.4, 0.5) is 4.79 Å². The largest absolute Gasteiger partial charge is 0.415 e. The maximum absolute atomic E-state index is 12.4. The maximum Gasteiger partial charge on any atom is 0.415 e. The second kappa shape index (κ2) is 7.99. The molecular formula is C22H34N2O2. The zero-order valence-electron chi connectivity index (χ0n) is 16.6. The molecule has 0 spiro atoms. The van der Waals surface area contributed by atoms with Gasteiger partial charge >= 0.3 is 6.09 Å². The van der Waals surface area contributed by atoms with Crippen molar-refractivity contribution in [1.82, 2.24) is 4.90 Å². The first-order valence-electron chi connectivity index (χ1n) is 10.3. The van der Waals surface area contributed by atoms with E-state index in [9.17, 15) is 4.79 Å². The third-order valence-corrected chi connectivity index (χ3v) is 6.53. The minimum absolute atomic E-state index is 0.0189. The smallest absolute Gasteiger partial charge is 0.410 e. The molecule has 0 saturated heterocycles. The molecule has 1 amide bonds. The highest BCUT2D eigenvalue weighted by atomic mass is 16.6. The Morgan fingerprint density at radius 1 is 1.31 bits per heavy atom. The number of amides is 1. The number of fused-ring (bicyclic) bond motifs is 4. The topological polar surface area (TPSA) is 55.6 Å². The maximum atomic E-state index is 12.4. The number of nitrogens with zero attached hydrogens (tertiary/aromatic N) is 1. The van der Waals surface area contributed by atoms with Crippen LogP contribution in [-0.2, 0) is 11.8 Å². The van der Waals surface area contributed by atoms with Crippen molar-refractivity contribution in [3.8, 4) is 5.75 Å². The Hall–Kier alpha value is -1.55. The number of benzene rings is 1. The minimum Gasteiger partial charge on any atom is -0.410 e. The average Bonchev–Trinajstić information content (AvgIpc) is 2.63. The third-order valence-electron chi connectivity index (χ3n) is 6.53. The van der Waals surface area contributed by atoms with E-state index in [0.717, 1.165) is 25.8 Å². The van der Waals surface area contributed by atoms with Crippen molar-refractivity contribution in [3.05, 3.63) is 29.3 Å². The van der Waals surface area contributed by atoms with Gasteiger partial charge in [0, 0.05) is 24.5 Å². The molecule has 0 unspecified atom stereocenters. The van der Waals surface area contributed by atoms with Gasteiger partial charge in [0.25, 0.3) is 0 Å². The lowest BCUT2D eigenvalue weighted by Gasteiger charge is -2.47. The van der Waals surface area contributed by atoms with Crippen LogP contribution in [0.1, 0.15) is 70.4 Å². The zero-order chi connectivity index (χ0) is 18.7. The SMILES string of the molecule is CCCN(CC)C(=O)Oc1ccc2c(c1)[C@@]1(C)CCCCC[C@@H](C2)[C@@H]1N. The van der Waals surface area contributed by atoms with Crippen molar-refractivity contribution in [2.45, 2.75) is 77.2 Å². The van der Waals surface area contributed by atoms with Crippen LogP contribution in [-0.4, -0.2) is 30.1 Å². The number of hydrogen-bond donors (Lipinski definition) is 1. The number of carbonyl (C=O) groups is 1. The molecule has 4 nitrogen and oxygen atoms in total. The van der Waals surface area contributed by atoms with Gasteiger partial charge in [-0.15, -0.1) is 0 Å². The Labute approximate surface area is 158 Å². The van der Waals surface area contributed by atoms with Crippen LogP contribution in [0.25, 0.3) is 0 Å². The van der Waals surface area contributed by atoms with Crippen molar-refractivity contribution in [1.29, 1.82) is 0 Å². The first-order chi connectivity index (χ1) is 12.5. The number of hydrogen-bond acceptors (Lipinski definition) is 3. The molecule has 0 aromatic heterocycles. The van der Waals surface area contributed by atoms with Crippen molar-refractivity contribution in [3.63, 3.8) is 0 Å². The summed E-state index contributed by atoms with van der Waals surface area (Å²) in [5, 5.41) is 0. The summed E-state index contributed by atoms with van der Waals surface area (Å²) in [5.41, 5.74) is 9.42. The fraction of sp³-hybridized carbons (Fsp3) is 0.682. The van der Waals surface area contributed by atoms with Crippen molar-refractivity contribution in [2.75, 3.05) is 13.1 Å². The highest BCUT2D eigenvalue weighted by Gasteiger charge is 2.43. The molecule has 1 fully saturated rings. The lowest BCUT2D eigenvalue weighted by molar-refractivity contribution is 0.154. The molecule has 3 atom stereocenters. The van der Waals surface area contributed by atoms with Gasteiger partial charge in [-0.3, -0.25) is 0 Å². The molecule has 4 heteroatoms. The third kappa shape index (κ3) is 3.62. The van der Waals surface area contributed by atoms with Gasteiger partial charge < -0.3 is 15.4 Å². The molecule has 0 aliphatic heterocycles. The summed E-state index contributed by atoms with van der Waals surface area (Å²) in [6, 6.07) is 6.39. The lowest BCUT2D eigenvalue weighted by atomic mass is 9.60. The first-order valence-corrected chi connectivity index (χ1v) is 10.3. The monoisotopic (exact) mass is 358 g/mol. The van der Waals surface area contributed by atoms with Gasteiger partial charge in [-0.05, 0) is 61.8 Å². The van der Waals surface area contributed by atoms with E-state index in [0.29, 0.717) is 18.2 Å². The normalized spacial score (nSPS) is 27.8. The second-order valence-corrected chi connectivity index (χ2v) is 8.27. The second-order valence-electron chi connectivity index (χ2n) is 8.27. The number of rotatable bonds is 4. The highest BCUT2D eigenvalue weighted by molar-refractivity contribution is 5.70. The molecule has 1 aromatic carbocycles. The molecule has 3 rings (SSSR count). The number of carbonyl (C=O) groups excluding carboxylic acids is 1. The van der Waals surface area contributed by atoms with Gasteiger partial charge in [-0.25, -0.2) is 4.79 Å². The van der Waals surface area contributed by atoms with Gasteiger partial charge in [0.15, 0.2) is 0 Å². The Morgan fingerprint density at radius 3 is 2.85 bits per heavy atom. The quantitative estimate of drug-likeness (QED) is 0.853. The summed E-state index contributed by atoms with van der Waals surface area (Å²) < 4.78 is 5.71. The zero-order valence-corrected chi connectivity index (χ0v) is 16.6. The summed E-state index contributed by atoms with van der Waals surface area (Å²) in [5.74, 6) is 1.22. The van der Waals surface area contributed by atoms with Gasteiger partial charge in [-0.1, -0.05) is 39.2 Å². The van der Waals surface area contributed by atoms with E-state index in [1.807, 2.05) is 13.0 Å². The minimum atomic E-state index is -0.255. The fourth-order valence-electron chi connectivity index (χ4n) is 4.91. The van der Waals surface area contributed by atoms with E-state index in [1.165, 1.54) is 36.8 Å². The Bertz CT molecular complexity index is 645. The highest BCUT2D eigenvalue weighted by Crippen LogP contribution is 2.46. The molecule has 2 N–H and O–H groups in total. The van der Waals surface area contributed by atoms with Crippen molar-refractivity contribution in [2.24, 2.45) is 11.7 Å². The van der Waals surface area contributed by atoms with Crippen LogP contribution in [0.2, 0.25) is 0 Å². The Balaban J connectivity index is 1.87.